The Labute approximate surface area is 131 Å². The van der Waals surface area contributed by atoms with Gasteiger partial charge in [0.25, 0.3) is 0 Å². The van der Waals surface area contributed by atoms with Gasteiger partial charge in [-0.05, 0) is 85.2 Å². The lowest BCUT2D eigenvalue weighted by Gasteiger charge is -2.46. The molecule has 118 valence electrons. The third-order valence-electron chi connectivity index (χ3n) is 5.94. The van der Waals surface area contributed by atoms with Crippen LogP contribution in [0, 0.1) is 0 Å². The van der Waals surface area contributed by atoms with E-state index in [2.05, 4.69) is 28.7 Å². The number of hydrogen-bond donors (Lipinski definition) is 0. The molecule has 0 aromatic heterocycles. The van der Waals surface area contributed by atoms with Crippen molar-refractivity contribution in [2.75, 3.05) is 46.3 Å². The third kappa shape index (κ3) is 3.49. The lowest BCUT2D eigenvalue weighted by Crippen LogP contribution is -2.54. The fourth-order valence-corrected chi connectivity index (χ4v) is 4.30. The highest BCUT2D eigenvalue weighted by Crippen LogP contribution is 2.32. The average Bonchev–Trinajstić information content (AvgIpc) is 3.05. The number of piperidine rings is 1. The maximum Gasteiger partial charge on any atom is 0.0220 e. The van der Waals surface area contributed by atoms with Crippen LogP contribution in [0.4, 0.5) is 0 Å². The minimum Gasteiger partial charge on any atom is -0.302 e. The molecule has 1 atom stereocenters. The van der Waals surface area contributed by atoms with Gasteiger partial charge in [0.05, 0.1) is 0 Å². The van der Waals surface area contributed by atoms with Crippen LogP contribution >= 0.6 is 12.4 Å². The number of nitrogens with zero attached hydrogens (tertiary/aromatic N) is 3. The van der Waals surface area contributed by atoms with Crippen molar-refractivity contribution in [2.24, 2.45) is 0 Å². The van der Waals surface area contributed by atoms with Crippen molar-refractivity contribution in [1.29, 1.82) is 0 Å². The first-order valence-electron chi connectivity index (χ1n) is 8.35. The fraction of sp³-hybridized carbons (Fsp3) is 1.00. The molecule has 0 aromatic carbocycles. The van der Waals surface area contributed by atoms with Gasteiger partial charge in [0, 0.05) is 18.1 Å². The summed E-state index contributed by atoms with van der Waals surface area (Å²) in [5, 5.41) is 0. The predicted octanol–water partition coefficient (Wildman–Crippen LogP) is 2.45. The highest BCUT2D eigenvalue weighted by Gasteiger charge is 2.37. The molecule has 0 bridgehead atoms. The zero-order valence-corrected chi connectivity index (χ0v) is 14.1. The van der Waals surface area contributed by atoms with Crippen LogP contribution in [0.15, 0.2) is 0 Å². The van der Waals surface area contributed by atoms with Crippen molar-refractivity contribution in [3.8, 4) is 0 Å². The zero-order valence-electron chi connectivity index (χ0n) is 13.3. The van der Waals surface area contributed by atoms with E-state index in [1.807, 2.05) is 0 Å². The lowest BCUT2D eigenvalue weighted by atomic mass is 9.87. The molecule has 0 radical (unpaired) electrons. The van der Waals surface area contributed by atoms with Crippen LogP contribution in [-0.4, -0.2) is 72.6 Å². The van der Waals surface area contributed by atoms with Crippen LogP contribution in [-0.2, 0) is 0 Å². The monoisotopic (exact) mass is 301 g/mol. The summed E-state index contributed by atoms with van der Waals surface area (Å²) in [6, 6.07) is 0.830. The summed E-state index contributed by atoms with van der Waals surface area (Å²) < 4.78 is 0. The van der Waals surface area contributed by atoms with Gasteiger partial charge in [-0.25, -0.2) is 0 Å². The summed E-state index contributed by atoms with van der Waals surface area (Å²) in [5.74, 6) is 0. The molecule has 0 aliphatic carbocycles. The molecule has 0 spiro atoms. The maximum atomic E-state index is 2.77. The van der Waals surface area contributed by atoms with E-state index in [9.17, 15) is 0 Å². The Kier molecular flexibility index (Phi) is 5.75. The second-order valence-corrected chi connectivity index (χ2v) is 7.27. The zero-order chi connectivity index (χ0) is 13.3. The van der Waals surface area contributed by atoms with Gasteiger partial charge in [0.15, 0.2) is 0 Å². The topological polar surface area (TPSA) is 9.72 Å². The molecule has 0 amide bonds. The predicted molar refractivity (Wildman–Crippen MR) is 87.8 cm³/mol. The Bertz CT molecular complexity index is 296. The fourth-order valence-electron chi connectivity index (χ4n) is 4.30. The molecule has 0 aromatic rings. The van der Waals surface area contributed by atoms with E-state index in [4.69, 9.17) is 0 Å². The summed E-state index contributed by atoms with van der Waals surface area (Å²) >= 11 is 0. The molecule has 0 saturated carbocycles. The highest BCUT2D eigenvalue weighted by atomic mass is 35.5. The highest BCUT2D eigenvalue weighted by molar-refractivity contribution is 5.85. The smallest absolute Gasteiger partial charge is 0.0220 e. The molecule has 3 rings (SSSR count). The molecular weight excluding hydrogens is 270 g/mol. The average molecular weight is 302 g/mol. The molecule has 3 aliphatic heterocycles. The number of likely N-dealkylation sites (tertiary alicyclic amines) is 3. The van der Waals surface area contributed by atoms with E-state index >= 15 is 0 Å². The molecule has 3 fully saturated rings. The van der Waals surface area contributed by atoms with E-state index in [0.717, 1.165) is 6.04 Å². The Morgan fingerprint density at radius 3 is 2.15 bits per heavy atom. The van der Waals surface area contributed by atoms with Crippen LogP contribution in [0.25, 0.3) is 0 Å². The maximum absolute atomic E-state index is 2.77. The molecule has 3 saturated heterocycles. The molecule has 3 heterocycles. The van der Waals surface area contributed by atoms with Gasteiger partial charge in [0.1, 0.15) is 0 Å². The number of rotatable bonds is 3. The van der Waals surface area contributed by atoms with Gasteiger partial charge in [-0.2, -0.15) is 0 Å². The second-order valence-electron chi connectivity index (χ2n) is 7.27. The van der Waals surface area contributed by atoms with Crippen LogP contribution in [0.2, 0.25) is 0 Å². The summed E-state index contributed by atoms with van der Waals surface area (Å²) in [4.78, 5) is 8.06. The Balaban J connectivity index is 0.00000147. The van der Waals surface area contributed by atoms with Crippen LogP contribution in [0.5, 0.6) is 0 Å². The van der Waals surface area contributed by atoms with Crippen molar-refractivity contribution in [3.05, 3.63) is 0 Å². The van der Waals surface area contributed by atoms with E-state index in [-0.39, 0.29) is 12.4 Å². The van der Waals surface area contributed by atoms with Gasteiger partial charge >= 0.3 is 0 Å². The summed E-state index contributed by atoms with van der Waals surface area (Å²) in [7, 11) is 2.30. The number of halogens is 1. The molecule has 3 nitrogen and oxygen atoms in total. The van der Waals surface area contributed by atoms with Gasteiger partial charge in [-0.3, -0.25) is 4.90 Å². The molecule has 0 N–H and O–H groups in total. The summed E-state index contributed by atoms with van der Waals surface area (Å²) in [6.07, 6.45) is 8.42. The minimum atomic E-state index is 0. The van der Waals surface area contributed by atoms with Gasteiger partial charge < -0.3 is 9.80 Å². The first kappa shape index (κ1) is 16.5. The van der Waals surface area contributed by atoms with Gasteiger partial charge in [-0.1, -0.05) is 0 Å². The molecule has 3 aliphatic rings. The normalized spacial score (nSPS) is 32.4. The molecule has 4 heteroatoms. The minimum absolute atomic E-state index is 0. The second kappa shape index (κ2) is 6.95. The van der Waals surface area contributed by atoms with Crippen molar-refractivity contribution < 1.29 is 0 Å². The Morgan fingerprint density at radius 1 is 0.950 bits per heavy atom. The van der Waals surface area contributed by atoms with Crippen LogP contribution < -0.4 is 0 Å². The number of hydrogen-bond acceptors (Lipinski definition) is 3. The van der Waals surface area contributed by atoms with Crippen molar-refractivity contribution in [2.45, 2.75) is 57.0 Å². The standard InChI is InChI=1S/C16H31N3.ClH/c1-16(19-10-3-4-11-19)7-12-18(13-8-16)14-15-6-5-9-17(15)2;/h15H,3-14H2,1-2H3;1H/t15-;/m1./s1. The van der Waals surface area contributed by atoms with Crippen LogP contribution in [0.1, 0.15) is 45.4 Å². The Hall–Kier alpha value is 0.170. The van der Waals surface area contributed by atoms with Gasteiger partial charge in [-0.15, -0.1) is 12.4 Å². The molecule has 20 heavy (non-hydrogen) atoms. The number of likely N-dealkylation sites (N-methyl/N-ethyl adjacent to an activating group) is 1. The van der Waals surface area contributed by atoms with E-state index < -0.39 is 0 Å². The summed E-state index contributed by atoms with van der Waals surface area (Å²) in [6.45, 7) is 10.5. The van der Waals surface area contributed by atoms with E-state index in [0.29, 0.717) is 5.54 Å². The van der Waals surface area contributed by atoms with Crippen molar-refractivity contribution >= 4 is 12.4 Å². The molecule has 0 unspecified atom stereocenters. The van der Waals surface area contributed by atoms with Crippen LogP contribution in [0.3, 0.4) is 0 Å². The van der Waals surface area contributed by atoms with E-state index in [1.54, 1.807) is 0 Å². The van der Waals surface area contributed by atoms with Gasteiger partial charge in [0.2, 0.25) is 0 Å². The SMILES string of the molecule is CN1CCC[C@@H]1CN1CCC(C)(N2CCCC2)CC1.Cl. The lowest BCUT2D eigenvalue weighted by molar-refractivity contribution is 0.0435. The summed E-state index contributed by atoms with van der Waals surface area (Å²) in [5.41, 5.74) is 0.509. The van der Waals surface area contributed by atoms with E-state index in [1.165, 1.54) is 77.8 Å². The first-order valence-corrected chi connectivity index (χ1v) is 8.35. The molecular formula is C16H32ClN3. The largest absolute Gasteiger partial charge is 0.302 e. The quantitative estimate of drug-likeness (QED) is 0.793. The van der Waals surface area contributed by atoms with Crippen molar-refractivity contribution in [1.82, 2.24) is 14.7 Å². The third-order valence-corrected chi connectivity index (χ3v) is 5.94. The van der Waals surface area contributed by atoms with Crippen molar-refractivity contribution in [3.63, 3.8) is 0 Å². The first-order chi connectivity index (χ1) is 9.17. The Morgan fingerprint density at radius 2 is 1.60 bits per heavy atom.